The molecule has 0 heterocycles. The van der Waals surface area contributed by atoms with Gasteiger partial charge in [0, 0.05) is 30.6 Å². The Balaban J connectivity index is 1.39. The van der Waals surface area contributed by atoms with Gasteiger partial charge in [0.2, 0.25) is 0 Å². The lowest BCUT2D eigenvalue weighted by Gasteiger charge is -2.07. The van der Waals surface area contributed by atoms with E-state index >= 15 is 0 Å². The molecule has 0 fully saturated rings. The summed E-state index contributed by atoms with van der Waals surface area (Å²) in [4.78, 5) is 10.6. The highest BCUT2D eigenvalue weighted by Crippen LogP contribution is 2.13. The van der Waals surface area contributed by atoms with Gasteiger partial charge in [-0.05, 0) is 61.2 Å². The molecule has 0 amide bonds. The van der Waals surface area contributed by atoms with Crippen molar-refractivity contribution in [1.29, 1.82) is 0 Å². The quantitative estimate of drug-likeness (QED) is 0.259. The third-order valence-corrected chi connectivity index (χ3v) is 5.22. The molecule has 0 saturated heterocycles. The fourth-order valence-corrected chi connectivity index (χ4v) is 3.37. The molecule has 2 N–H and O–H groups in total. The summed E-state index contributed by atoms with van der Waals surface area (Å²) in [7, 11) is 0. The average Bonchev–Trinajstić information content (AvgIpc) is 2.77. The normalized spacial score (nSPS) is 10.4. The van der Waals surface area contributed by atoms with E-state index < -0.39 is 5.97 Å². The first-order valence-corrected chi connectivity index (χ1v) is 11.4. The van der Waals surface area contributed by atoms with E-state index in [4.69, 9.17) is 5.11 Å². The van der Waals surface area contributed by atoms with Gasteiger partial charge in [0.15, 0.2) is 0 Å². The van der Waals surface area contributed by atoms with Crippen molar-refractivity contribution in [2.75, 3.05) is 11.9 Å². The number of unbranched alkanes of at least 4 members (excludes halogenated alkanes) is 8. The summed E-state index contributed by atoms with van der Waals surface area (Å²) in [6.45, 7) is 0.973. The summed E-state index contributed by atoms with van der Waals surface area (Å²) in [6.07, 6.45) is 11.6. The smallest absolute Gasteiger partial charge is 0.303 e. The van der Waals surface area contributed by atoms with Crippen molar-refractivity contribution < 1.29 is 14.3 Å². The second-order valence-corrected chi connectivity index (χ2v) is 7.90. The maximum Gasteiger partial charge on any atom is 0.303 e. The fraction of sp³-hybridized carbons (Fsp3) is 0.444. The molecular weight excluding hydrogens is 389 g/mol. The Bertz CT molecular complexity index is 819. The standard InChI is InChI=1S/C27H34FNO2/c28-25-17-12-23(13-18-25)11-9-7-5-3-1-2-4-6-8-10-22-29-26-19-14-24(15-20-26)16-21-27(30)31/h12-15,17-20,29H,1-8,10,16,21-22H2,(H,30,31). The number of anilines is 1. The highest BCUT2D eigenvalue weighted by molar-refractivity contribution is 5.67. The van der Waals surface area contributed by atoms with E-state index in [0.29, 0.717) is 6.42 Å². The third kappa shape index (κ3) is 11.8. The van der Waals surface area contributed by atoms with Crippen LogP contribution < -0.4 is 5.32 Å². The average molecular weight is 424 g/mol. The molecule has 0 atom stereocenters. The van der Waals surface area contributed by atoms with Crippen molar-refractivity contribution in [3.63, 3.8) is 0 Å². The number of halogens is 1. The summed E-state index contributed by atoms with van der Waals surface area (Å²) in [5.41, 5.74) is 3.04. The molecule has 2 rings (SSSR count). The molecule has 0 aliphatic rings. The van der Waals surface area contributed by atoms with E-state index in [9.17, 15) is 9.18 Å². The van der Waals surface area contributed by atoms with E-state index in [1.165, 1.54) is 57.1 Å². The fourth-order valence-electron chi connectivity index (χ4n) is 3.37. The molecule has 0 aliphatic heterocycles. The van der Waals surface area contributed by atoms with Crippen LogP contribution in [0.25, 0.3) is 0 Å². The van der Waals surface area contributed by atoms with Crippen LogP contribution in [-0.2, 0) is 11.2 Å². The van der Waals surface area contributed by atoms with Crippen LogP contribution in [0.3, 0.4) is 0 Å². The Hall–Kier alpha value is -2.80. The maximum atomic E-state index is 12.8. The number of carbonyl (C=O) groups is 1. The number of aliphatic carboxylic acids is 1. The molecule has 2 aromatic rings. The summed E-state index contributed by atoms with van der Waals surface area (Å²) in [5, 5.41) is 12.2. The first-order valence-electron chi connectivity index (χ1n) is 11.4. The van der Waals surface area contributed by atoms with Crippen LogP contribution in [0.2, 0.25) is 0 Å². The van der Waals surface area contributed by atoms with Gasteiger partial charge in [0.05, 0.1) is 0 Å². The van der Waals surface area contributed by atoms with E-state index in [2.05, 4.69) is 17.2 Å². The van der Waals surface area contributed by atoms with Gasteiger partial charge < -0.3 is 10.4 Å². The Morgan fingerprint density at radius 1 is 0.839 bits per heavy atom. The monoisotopic (exact) mass is 423 g/mol. The number of hydrogen-bond donors (Lipinski definition) is 2. The number of nitrogens with one attached hydrogen (secondary N) is 1. The molecule has 0 unspecified atom stereocenters. The number of rotatable bonds is 14. The third-order valence-electron chi connectivity index (χ3n) is 5.22. The minimum absolute atomic E-state index is 0.179. The highest BCUT2D eigenvalue weighted by Gasteiger charge is 1.99. The second-order valence-electron chi connectivity index (χ2n) is 7.90. The highest BCUT2D eigenvalue weighted by atomic mass is 19.1. The summed E-state index contributed by atoms with van der Waals surface area (Å²) < 4.78 is 12.8. The molecule has 0 aliphatic carbocycles. The topological polar surface area (TPSA) is 49.3 Å². The van der Waals surface area contributed by atoms with Gasteiger partial charge in [-0.15, -0.1) is 0 Å². The molecule has 31 heavy (non-hydrogen) atoms. The molecule has 2 aromatic carbocycles. The summed E-state index contributed by atoms with van der Waals surface area (Å²) in [6, 6.07) is 14.4. The predicted molar refractivity (Wildman–Crippen MR) is 126 cm³/mol. The van der Waals surface area contributed by atoms with E-state index in [-0.39, 0.29) is 12.2 Å². The summed E-state index contributed by atoms with van der Waals surface area (Å²) >= 11 is 0. The molecule has 0 bridgehead atoms. The minimum atomic E-state index is -0.755. The van der Waals surface area contributed by atoms with Crippen molar-refractivity contribution in [3.8, 4) is 11.8 Å². The number of carboxylic acid groups (broad SMARTS) is 1. The SMILES string of the molecule is O=C(O)CCc1ccc(NCCCCCCCCCCC#Cc2ccc(F)cc2)cc1. The maximum absolute atomic E-state index is 12.8. The number of benzene rings is 2. The van der Waals surface area contributed by atoms with Gasteiger partial charge >= 0.3 is 5.97 Å². The van der Waals surface area contributed by atoms with Crippen LogP contribution in [0.5, 0.6) is 0 Å². The van der Waals surface area contributed by atoms with Gasteiger partial charge in [0.25, 0.3) is 0 Å². The number of carboxylic acids is 1. The second kappa shape index (κ2) is 15.1. The van der Waals surface area contributed by atoms with Gasteiger partial charge in [-0.2, -0.15) is 0 Å². The van der Waals surface area contributed by atoms with Crippen LogP contribution in [0.4, 0.5) is 10.1 Å². The molecule has 0 aromatic heterocycles. The van der Waals surface area contributed by atoms with Crippen LogP contribution in [0.15, 0.2) is 48.5 Å². The zero-order valence-corrected chi connectivity index (χ0v) is 18.3. The Morgan fingerprint density at radius 3 is 2.10 bits per heavy atom. The largest absolute Gasteiger partial charge is 0.481 e. The van der Waals surface area contributed by atoms with E-state index in [1.54, 1.807) is 12.1 Å². The minimum Gasteiger partial charge on any atom is -0.481 e. The zero-order chi connectivity index (χ0) is 22.2. The lowest BCUT2D eigenvalue weighted by molar-refractivity contribution is -0.136. The van der Waals surface area contributed by atoms with Gasteiger partial charge in [0.1, 0.15) is 5.82 Å². The molecule has 0 saturated carbocycles. The van der Waals surface area contributed by atoms with Crippen molar-refractivity contribution in [1.82, 2.24) is 0 Å². The first kappa shape index (κ1) is 24.5. The van der Waals surface area contributed by atoms with Crippen LogP contribution >= 0.6 is 0 Å². The predicted octanol–water partition coefficient (Wildman–Crippen LogP) is 6.82. The van der Waals surface area contributed by atoms with Gasteiger partial charge in [-0.1, -0.05) is 62.5 Å². The van der Waals surface area contributed by atoms with Crippen molar-refractivity contribution in [2.45, 2.75) is 70.6 Å². The Kier molecular flexibility index (Phi) is 11.9. The van der Waals surface area contributed by atoms with Crippen molar-refractivity contribution in [2.24, 2.45) is 0 Å². The molecule has 166 valence electrons. The Morgan fingerprint density at radius 2 is 1.45 bits per heavy atom. The van der Waals surface area contributed by atoms with Crippen LogP contribution in [-0.4, -0.2) is 17.6 Å². The van der Waals surface area contributed by atoms with Gasteiger partial charge in [-0.25, -0.2) is 4.39 Å². The summed E-state index contributed by atoms with van der Waals surface area (Å²) in [5.74, 6) is 5.28. The van der Waals surface area contributed by atoms with Crippen molar-refractivity contribution >= 4 is 11.7 Å². The molecule has 0 spiro atoms. The lowest BCUT2D eigenvalue weighted by Crippen LogP contribution is -2.02. The number of hydrogen-bond acceptors (Lipinski definition) is 2. The molecular formula is C27H34FNO2. The molecule has 0 radical (unpaired) electrons. The van der Waals surface area contributed by atoms with Crippen LogP contribution in [0.1, 0.15) is 75.3 Å². The number of aryl methyl sites for hydroxylation is 1. The van der Waals surface area contributed by atoms with Crippen LogP contribution in [0, 0.1) is 17.7 Å². The van der Waals surface area contributed by atoms with Crippen molar-refractivity contribution in [3.05, 3.63) is 65.5 Å². The molecule has 4 heteroatoms. The van der Waals surface area contributed by atoms with Gasteiger partial charge in [-0.3, -0.25) is 4.79 Å². The lowest BCUT2D eigenvalue weighted by atomic mass is 10.1. The molecule has 3 nitrogen and oxygen atoms in total. The first-order chi connectivity index (χ1) is 15.1. The zero-order valence-electron chi connectivity index (χ0n) is 18.3. The van der Waals surface area contributed by atoms with E-state index in [0.717, 1.165) is 36.2 Å². The van der Waals surface area contributed by atoms with E-state index in [1.807, 2.05) is 24.3 Å². The Labute approximate surface area is 186 Å².